The average molecular weight is 469 g/mol. The largest absolute Gasteiger partial charge is 0.322 e. The van der Waals surface area contributed by atoms with Crippen molar-refractivity contribution in [3.05, 3.63) is 77.5 Å². The second kappa shape index (κ2) is 9.88. The summed E-state index contributed by atoms with van der Waals surface area (Å²) >= 11 is 0. The van der Waals surface area contributed by atoms with Crippen molar-refractivity contribution in [1.82, 2.24) is 24.3 Å². The molecule has 1 saturated heterocycles. The second-order valence-electron chi connectivity index (χ2n) is 9.38. The first-order chi connectivity index (χ1) is 17.0. The minimum atomic E-state index is -0.0233. The first-order valence-electron chi connectivity index (χ1n) is 12.2. The van der Waals surface area contributed by atoms with E-state index in [1.54, 1.807) is 0 Å². The zero-order valence-corrected chi connectivity index (χ0v) is 20.7. The molecule has 0 bridgehead atoms. The number of imidazole rings is 1. The maximum absolute atomic E-state index is 12.8. The SMILES string of the molecule is Cc1ccc(-c2nc3cccnc3n2CCN2CCN(C(=O)Nc3cc(C)ccc3C)CC2)cc1. The molecule has 1 N–H and O–H groups in total. The van der Waals surface area contributed by atoms with Gasteiger partial charge in [0, 0.05) is 56.7 Å². The number of nitrogens with zero attached hydrogens (tertiary/aromatic N) is 5. The fourth-order valence-electron chi connectivity index (χ4n) is 4.57. The van der Waals surface area contributed by atoms with Crippen LogP contribution in [0.4, 0.5) is 10.5 Å². The molecule has 2 aromatic heterocycles. The third-order valence-corrected chi connectivity index (χ3v) is 6.75. The molecule has 2 amide bonds. The molecule has 1 fully saturated rings. The van der Waals surface area contributed by atoms with Gasteiger partial charge in [0.1, 0.15) is 11.3 Å². The van der Waals surface area contributed by atoms with E-state index in [1.807, 2.05) is 49.2 Å². The van der Waals surface area contributed by atoms with E-state index in [9.17, 15) is 4.79 Å². The van der Waals surface area contributed by atoms with Crippen LogP contribution in [0, 0.1) is 20.8 Å². The number of aryl methyl sites for hydroxylation is 3. The molecule has 35 heavy (non-hydrogen) atoms. The van der Waals surface area contributed by atoms with Gasteiger partial charge in [0.2, 0.25) is 0 Å². The minimum Gasteiger partial charge on any atom is -0.322 e. The lowest BCUT2D eigenvalue weighted by Gasteiger charge is -2.35. The van der Waals surface area contributed by atoms with E-state index in [1.165, 1.54) is 5.56 Å². The number of pyridine rings is 1. The number of nitrogens with one attached hydrogen (secondary N) is 1. The van der Waals surface area contributed by atoms with E-state index < -0.39 is 0 Å². The van der Waals surface area contributed by atoms with E-state index in [4.69, 9.17) is 4.98 Å². The fourth-order valence-corrected chi connectivity index (χ4v) is 4.57. The Hall–Kier alpha value is -3.71. The summed E-state index contributed by atoms with van der Waals surface area (Å²) in [6, 6.07) is 18.5. The van der Waals surface area contributed by atoms with Crippen molar-refractivity contribution in [3.63, 3.8) is 0 Å². The Balaban J connectivity index is 1.23. The highest BCUT2D eigenvalue weighted by Gasteiger charge is 2.22. The zero-order valence-electron chi connectivity index (χ0n) is 20.7. The zero-order chi connectivity index (χ0) is 24.4. The lowest BCUT2D eigenvalue weighted by Crippen LogP contribution is -2.50. The third kappa shape index (κ3) is 5.05. The molecule has 1 aliphatic rings. The highest BCUT2D eigenvalue weighted by molar-refractivity contribution is 5.90. The Bertz CT molecular complexity index is 1340. The average Bonchev–Trinajstić information content (AvgIpc) is 3.24. The predicted molar refractivity (Wildman–Crippen MR) is 141 cm³/mol. The molecule has 180 valence electrons. The van der Waals surface area contributed by atoms with E-state index >= 15 is 0 Å². The van der Waals surface area contributed by atoms with Crippen molar-refractivity contribution in [2.24, 2.45) is 0 Å². The van der Waals surface area contributed by atoms with Gasteiger partial charge in [-0.25, -0.2) is 14.8 Å². The predicted octanol–water partition coefficient (Wildman–Crippen LogP) is 4.87. The van der Waals surface area contributed by atoms with E-state index in [0.717, 1.165) is 65.5 Å². The second-order valence-corrected chi connectivity index (χ2v) is 9.38. The van der Waals surface area contributed by atoms with E-state index in [0.29, 0.717) is 13.1 Å². The number of aromatic nitrogens is 3. The van der Waals surface area contributed by atoms with Crippen LogP contribution in [-0.2, 0) is 6.54 Å². The van der Waals surface area contributed by atoms with Gasteiger partial charge in [-0.05, 0) is 50.1 Å². The Morgan fingerprint density at radius 1 is 0.914 bits per heavy atom. The van der Waals surface area contributed by atoms with Gasteiger partial charge in [0.25, 0.3) is 0 Å². The lowest BCUT2D eigenvalue weighted by atomic mass is 10.1. The van der Waals surface area contributed by atoms with Gasteiger partial charge in [-0.3, -0.25) is 4.90 Å². The number of hydrogen-bond acceptors (Lipinski definition) is 4. The fraction of sp³-hybridized carbons (Fsp3) is 0.321. The monoisotopic (exact) mass is 468 g/mol. The maximum Gasteiger partial charge on any atom is 0.321 e. The van der Waals surface area contributed by atoms with Crippen molar-refractivity contribution in [2.75, 3.05) is 38.0 Å². The number of anilines is 1. The molecule has 0 unspecified atom stereocenters. The first-order valence-corrected chi connectivity index (χ1v) is 12.2. The number of hydrogen-bond donors (Lipinski definition) is 1. The molecular weight excluding hydrogens is 436 g/mol. The van der Waals surface area contributed by atoms with Gasteiger partial charge in [0.05, 0.1) is 0 Å². The Morgan fingerprint density at radius 3 is 2.43 bits per heavy atom. The minimum absolute atomic E-state index is 0.0233. The summed E-state index contributed by atoms with van der Waals surface area (Å²) in [4.78, 5) is 26.7. The molecule has 2 aromatic carbocycles. The van der Waals surface area contributed by atoms with Gasteiger partial charge in [-0.2, -0.15) is 0 Å². The van der Waals surface area contributed by atoms with Crippen LogP contribution < -0.4 is 5.32 Å². The summed E-state index contributed by atoms with van der Waals surface area (Å²) in [6.45, 7) is 11.0. The van der Waals surface area contributed by atoms with Gasteiger partial charge in [-0.15, -0.1) is 0 Å². The number of piperazine rings is 1. The number of rotatable bonds is 5. The number of amides is 2. The number of urea groups is 1. The molecule has 0 atom stereocenters. The van der Waals surface area contributed by atoms with Crippen molar-refractivity contribution in [3.8, 4) is 11.4 Å². The molecule has 0 spiro atoms. The van der Waals surface area contributed by atoms with E-state index in [2.05, 4.69) is 57.0 Å². The standard InChI is InChI=1S/C28H32N6O/c1-20-7-10-23(11-8-20)26-30-24-5-4-12-29-27(24)34(26)18-15-32-13-16-33(17-14-32)28(35)31-25-19-21(2)6-9-22(25)3/h4-12,19H,13-18H2,1-3H3,(H,31,35). The van der Waals surface area contributed by atoms with Crippen LogP contribution in [0.5, 0.6) is 0 Å². The molecule has 0 saturated carbocycles. The van der Waals surface area contributed by atoms with Gasteiger partial charge >= 0.3 is 6.03 Å². The molecular formula is C28H32N6O. The molecule has 7 nitrogen and oxygen atoms in total. The maximum atomic E-state index is 12.8. The molecule has 1 aliphatic heterocycles. The van der Waals surface area contributed by atoms with Gasteiger partial charge in [-0.1, -0.05) is 42.0 Å². The number of carbonyl (C=O) groups excluding carboxylic acids is 1. The van der Waals surface area contributed by atoms with Crippen LogP contribution in [0.15, 0.2) is 60.8 Å². The van der Waals surface area contributed by atoms with E-state index in [-0.39, 0.29) is 6.03 Å². The van der Waals surface area contributed by atoms with Crippen molar-refractivity contribution in [2.45, 2.75) is 27.3 Å². The van der Waals surface area contributed by atoms with Crippen LogP contribution >= 0.6 is 0 Å². The molecule has 5 rings (SSSR count). The van der Waals surface area contributed by atoms with Gasteiger partial charge in [0.15, 0.2) is 5.65 Å². The van der Waals surface area contributed by atoms with Crippen LogP contribution in [-0.4, -0.2) is 63.1 Å². The first kappa shape index (κ1) is 23.1. The van der Waals surface area contributed by atoms with Crippen LogP contribution in [0.1, 0.15) is 16.7 Å². The quantitative estimate of drug-likeness (QED) is 0.454. The lowest BCUT2D eigenvalue weighted by molar-refractivity contribution is 0.145. The molecule has 3 heterocycles. The Labute approximate surface area is 206 Å². The summed E-state index contributed by atoms with van der Waals surface area (Å²) in [5.74, 6) is 0.949. The molecule has 7 heteroatoms. The van der Waals surface area contributed by atoms with Crippen LogP contribution in [0.25, 0.3) is 22.6 Å². The van der Waals surface area contributed by atoms with Crippen molar-refractivity contribution in [1.29, 1.82) is 0 Å². The summed E-state index contributed by atoms with van der Waals surface area (Å²) in [7, 11) is 0. The summed E-state index contributed by atoms with van der Waals surface area (Å²) < 4.78 is 2.22. The third-order valence-electron chi connectivity index (χ3n) is 6.75. The van der Waals surface area contributed by atoms with Crippen molar-refractivity contribution >= 4 is 22.9 Å². The number of carbonyl (C=O) groups is 1. The highest BCUT2D eigenvalue weighted by atomic mass is 16.2. The van der Waals surface area contributed by atoms with Crippen LogP contribution in [0.2, 0.25) is 0 Å². The highest BCUT2D eigenvalue weighted by Crippen LogP contribution is 2.24. The molecule has 4 aromatic rings. The molecule has 0 radical (unpaired) electrons. The summed E-state index contributed by atoms with van der Waals surface area (Å²) in [5.41, 5.74) is 7.26. The smallest absolute Gasteiger partial charge is 0.321 e. The summed E-state index contributed by atoms with van der Waals surface area (Å²) in [6.07, 6.45) is 1.83. The van der Waals surface area contributed by atoms with Crippen molar-refractivity contribution < 1.29 is 4.79 Å². The van der Waals surface area contributed by atoms with Gasteiger partial charge < -0.3 is 14.8 Å². The summed E-state index contributed by atoms with van der Waals surface area (Å²) in [5, 5.41) is 3.09. The number of benzene rings is 2. The normalized spacial score (nSPS) is 14.4. The van der Waals surface area contributed by atoms with Crippen LogP contribution in [0.3, 0.4) is 0 Å². The Kier molecular flexibility index (Phi) is 6.51. The number of fused-ring (bicyclic) bond motifs is 1. The topological polar surface area (TPSA) is 66.3 Å². The molecule has 0 aliphatic carbocycles. The Morgan fingerprint density at radius 2 is 1.66 bits per heavy atom.